The monoisotopic (exact) mass is 936 g/mol. The molecule has 2 aliphatic heterocycles. The van der Waals surface area contributed by atoms with Gasteiger partial charge in [0.15, 0.2) is 5.78 Å². The molecule has 14 heteroatoms. The van der Waals surface area contributed by atoms with Gasteiger partial charge in [0.25, 0.3) is 0 Å². The Labute approximate surface area is 396 Å². The molecule has 14 nitrogen and oxygen atoms in total. The van der Waals surface area contributed by atoms with E-state index in [9.17, 15) is 46.0 Å². The van der Waals surface area contributed by atoms with Gasteiger partial charge in [-0.2, -0.15) is 0 Å². The molecule has 13 N–H and O–H groups in total. The lowest BCUT2D eigenvalue weighted by molar-refractivity contribution is -0.262. The lowest BCUT2D eigenvalue weighted by Crippen LogP contribution is -2.73. The summed E-state index contributed by atoms with van der Waals surface area (Å²) in [6, 6.07) is 0. The Bertz CT molecular complexity index is 2050. The van der Waals surface area contributed by atoms with E-state index in [1.165, 1.54) is 0 Å². The summed E-state index contributed by atoms with van der Waals surface area (Å²) in [7, 11) is 0. The summed E-state index contributed by atoms with van der Waals surface area (Å²) in [4.78, 5) is 16.0. The fourth-order valence-electron chi connectivity index (χ4n) is 16.8. The number of allylic oxidation sites excluding steroid dienone is 4. The zero-order chi connectivity index (χ0) is 47.9. The highest BCUT2D eigenvalue weighted by atomic mass is 16.5. The zero-order valence-corrected chi connectivity index (χ0v) is 40.1. The highest BCUT2D eigenvalue weighted by Gasteiger charge is 2.79. The molecular weight excluding hydrogens is 855 g/mol. The number of Topliss-reactive ketones (excluding diaryl/α,β-unsaturated/α-hetero) is 1. The fourth-order valence-corrected chi connectivity index (χ4v) is 16.8. The predicted octanol–water partition coefficient (Wildman–Crippen LogP) is 2.86. The number of ether oxygens (including phenoxy) is 1. The van der Waals surface area contributed by atoms with Crippen molar-refractivity contribution in [1.82, 2.24) is 10.6 Å². The van der Waals surface area contributed by atoms with E-state index in [1.54, 1.807) is 13.8 Å². The predicted molar refractivity (Wildman–Crippen MR) is 250 cm³/mol. The van der Waals surface area contributed by atoms with Crippen molar-refractivity contribution in [3.63, 3.8) is 0 Å². The summed E-state index contributed by atoms with van der Waals surface area (Å²) in [6.45, 7) is 5.40. The van der Waals surface area contributed by atoms with Crippen LogP contribution in [0.4, 0.5) is 0 Å². The van der Waals surface area contributed by atoms with Crippen molar-refractivity contribution < 1.29 is 55.5 Å². The number of carbonyl (C=O) groups is 1. The van der Waals surface area contributed by atoms with Crippen molar-refractivity contribution in [2.75, 3.05) is 13.2 Å². The molecule has 1 saturated heterocycles. The number of carbonyl (C=O) groups excluding carboxylic acids is 1. The van der Waals surface area contributed by atoms with Gasteiger partial charge in [0, 0.05) is 54.9 Å². The number of rotatable bonds is 13. The Kier molecular flexibility index (Phi) is 13.6. The number of aliphatic hydroxyl groups excluding tert-OH is 6. The third-order valence-corrected chi connectivity index (χ3v) is 19.8. The molecule has 10 aliphatic rings. The van der Waals surface area contributed by atoms with Crippen molar-refractivity contribution in [1.29, 1.82) is 0 Å². The lowest BCUT2D eigenvalue weighted by atomic mass is 9.37. The van der Waals surface area contributed by atoms with Crippen LogP contribution in [0.15, 0.2) is 34.7 Å². The summed E-state index contributed by atoms with van der Waals surface area (Å²) < 4.78 is 6.99. The van der Waals surface area contributed by atoms with Crippen LogP contribution in [0.1, 0.15) is 149 Å². The van der Waals surface area contributed by atoms with E-state index in [0.717, 1.165) is 49.8 Å². The van der Waals surface area contributed by atoms with Crippen molar-refractivity contribution >= 4 is 5.78 Å². The number of nitrogens with two attached hydrogens (primary N) is 1. The van der Waals surface area contributed by atoms with Crippen LogP contribution in [0.3, 0.4) is 0 Å². The number of aliphatic hydroxyl groups is 9. The van der Waals surface area contributed by atoms with E-state index in [1.807, 2.05) is 12.2 Å². The third kappa shape index (κ3) is 7.57. The summed E-state index contributed by atoms with van der Waals surface area (Å²) >= 11 is 0. The van der Waals surface area contributed by atoms with Crippen LogP contribution in [0.5, 0.6) is 0 Å². The molecule has 67 heavy (non-hydrogen) atoms. The first kappa shape index (κ1) is 49.6. The van der Waals surface area contributed by atoms with E-state index >= 15 is 4.79 Å². The van der Waals surface area contributed by atoms with E-state index < -0.39 is 93.6 Å². The molecule has 10 rings (SSSR count). The van der Waals surface area contributed by atoms with Crippen LogP contribution >= 0.6 is 0 Å². The molecule has 5 saturated carbocycles. The molecule has 0 amide bonds. The third-order valence-electron chi connectivity index (χ3n) is 19.8. The molecule has 0 aromatic carbocycles. The summed E-state index contributed by atoms with van der Waals surface area (Å²) in [5.74, 6) is 4.81. The van der Waals surface area contributed by atoms with Gasteiger partial charge >= 0.3 is 0 Å². The number of fused-ring (bicyclic) bond motifs is 7. The van der Waals surface area contributed by atoms with Gasteiger partial charge in [0.2, 0.25) is 0 Å². The number of hydrogen-bond donors (Lipinski definition) is 12. The zero-order valence-electron chi connectivity index (χ0n) is 40.1. The van der Waals surface area contributed by atoms with Gasteiger partial charge in [-0.05, 0) is 145 Å². The maximum Gasteiger partial charge on any atom is 0.186 e. The van der Waals surface area contributed by atoms with Crippen LogP contribution in [0.25, 0.3) is 0 Å². The quantitative estimate of drug-likeness (QED) is 0.119. The Morgan fingerprint density at radius 3 is 2.46 bits per heavy atom. The van der Waals surface area contributed by atoms with Gasteiger partial charge in [-0.1, -0.05) is 32.3 Å². The van der Waals surface area contributed by atoms with Gasteiger partial charge in [-0.15, -0.1) is 11.8 Å². The highest BCUT2D eigenvalue weighted by Crippen LogP contribution is 2.75. The number of ketones is 1. The largest absolute Gasteiger partial charge is 0.396 e. The Hall–Kier alpha value is -2.39. The maximum absolute atomic E-state index is 16.0. The Morgan fingerprint density at radius 2 is 1.72 bits per heavy atom. The molecule has 2 heterocycles. The van der Waals surface area contributed by atoms with Gasteiger partial charge in [-0.25, -0.2) is 0 Å². The maximum atomic E-state index is 16.0. The van der Waals surface area contributed by atoms with E-state index in [4.69, 9.17) is 10.5 Å². The molecule has 374 valence electrons. The molecule has 0 radical (unpaired) electrons. The number of dihydropyridines is 1. The minimum atomic E-state index is -1.94. The molecule has 19 atom stereocenters. The summed E-state index contributed by atoms with van der Waals surface area (Å²) in [5.41, 5.74) is -1.25. The van der Waals surface area contributed by atoms with Crippen LogP contribution in [-0.2, 0) is 9.53 Å². The minimum Gasteiger partial charge on any atom is -0.396 e. The first-order valence-corrected chi connectivity index (χ1v) is 26.1. The first-order valence-electron chi connectivity index (χ1n) is 26.1. The van der Waals surface area contributed by atoms with Crippen LogP contribution in [0, 0.1) is 57.7 Å². The van der Waals surface area contributed by atoms with Gasteiger partial charge in [0.05, 0.1) is 71.2 Å². The molecule has 6 fully saturated rings. The standard InChI is InChI=1S/C53H81N3O11/c1-4-9-31-12-15-33-39(16-13-31)67-47-42(33)35(59)11-7-22-53(47,66)48(3,64)40-19-24-52(65)44-43-38(62)28-49(40,52)20-5-6-21-51(46(63)45(44)55-29-30(2)58)27-37(61)36(60)26-50(43,51)23-18-32-14-17-41(54)56-34(32)10-8-25-57/h14,17,30-31,33,35-43,47,55-62,64-66H,4,7-13,15-16,18-29,54H2,1-3H3/t30-,31-,33+,35+,36-,37+,38-,39+,40+,41?,42+,43-,47+,48+,49+,50+,51-,52+,53+/m0/s1. The minimum absolute atomic E-state index is 0.00176. The second kappa shape index (κ2) is 18.3. The lowest BCUT2D eigenvalue weighted by Gasteiger charge is -2.68. The van der Waals surface area contributed by atoms with E-state index in [-0.39, 0.29) is 94.4 Å². The van der Waals surface area contributed by atoms with Crippen molar-refractivity contribution in [2.24, 2.45) is 51.6 Å². The van der Waals surface area contributed by atoms with Crippen LogP contribution < -0.4 is 16.4 Å². The molecule has 0 aromatic heterocycles. The smallest absolute Gasteiger partial charge is 0.186 e. The number of hydrogen-bond acceptors (Lipinski definition) is 14. The average Bonchev–Trinajstić information content (AvgIpc) is 3.68. The SMILES string of the molecule is CCC[C@H]1CC[C@H]2[C@@H]3[C@H](O)CCC[C@](O)([C@](C)(O)[C@H]4CC[C@@]5(O)C6=C(NC[C@H](C)O)C(=O)[C@@]78CC#CC[C@@]45C[C@H](O)[C@@H]6[C@@]7(CCC4=C(CCCO)NC(N)C=C4)C[C@H](O)[C@H](O)C8)[C@@H]3O[C@@H]2CC1. The van der Waals surface area contributed by atoms with Crippen molar-refractivity contribution in [2.45, 2.75) is 215 Å². The molecule has 1 unspecified atom stereocenters. The number of nitrogens with one attached hydrogen (secondary N) is 2. The van der Waals surface area contributed by atoms with Crippen LogP contribution in [0.2, 0.25) is 0 Å². The molecule has 2 spiro atoms. The topological polar surface area (TPSA) is 258 Å². The molecule has 8 aliphatic carbocycles. The van der Waals surface area contributed by atoms with Crippen LogP contribution in [-0.4, -0.2) is 131 Å². The van der Waals surface area contributed by atoms with Gasteiger partial charge < -0.3 is 67.1 Å². The normalized spacial score (nSPS) is 47.1. The second-order valence-electron chi connectivity index (χ2n) is 23.2. The summed E-state index contributed by atoms with van der Waals surface area (Å²) in [5, 5.41) is 117. The van der Waals surface area contributed by atoms with Gasteiger partial charge in [0.1, 0.15) is 5.60 Å². The van der Waals surface area contributed by atoms with Crippen molar-refractivity contribution in [3.8, 4) is 11.8 Å². The highest BCUT2D eigenvalue weighted by molar-refractivity contribution is 6.03. The Balaban J connectivity index is 1.17. The Morgan fingerprint density at radius 1 is 0.970 bits per heavy atom. The second-order valence-corrected chi connectivity index (χ2v) is 23.2. The fraction of sp³-hybridized carbons (Fsp3) is 0.830. The first-order chi connectivity index (χ1) is 31.8. The molecule has 4 bridgehead atoms. The average molecular weight is 936 g/mol. The van der Waals surface area contributed by atoms with E-state index in [0.29, 0.717) is 43.6 Å². The molecule has 0 aromatic rings. The summed E-state index contributed by atoms with van der Waals surface area (Å²) in [6.07, 6.45) is 5.85. The van der Waals surface area contributed by atoms with E-state index in [2.05, 4.69) is 29.4 Å². The van der Waals surface area contributed by atoms with Gasteiger partial charge in [-0.3, -0.25) is 4.79 Å². The molecular formula is C53H81N3O11. The van der Waals surface area contributed by atoms with Crippen molar-refractivity contribution in [3.05, 3.63) is 34.7 Å².